The van der Waals surface area contributed by atoms with Gasteiger partial charge in [-0.3, -0.25) is 0 Å². The number of anilines is 2. The molecule has 4 heteroatoms. The van der Waals surface area contributed by atoms with E-state index in [1.165, 1.54) is 49.6 Å². The molecule has 1 fully saturated rings. The molecule has 0 saturated carbocycles. The lowest BCUT2D eigenvalue weighted by atomic mass is 10.2. The van der Waals surface area contributed by atoms with Gasteiger partial charge in [-0.2, -0.15) is 11.8 Å². The molecule has 0 bridgehead atoms. The number of benzene rings is 1. The summed E-state index contributed by atoms with van der Waals surface area (Å²) in [6.45, 7) is 5.87. The SMILES string of the molecule is CN1CCN(CCSC2CCNCC2)c2ccccc21. The van der Waals surface area contributed by atoms with Crippen LogP contribution in [0.1, 0.15) is 12.8 Å². The van der Waals surface area contributed by atoms with Crippen LogP contribution in [0.3, 0.4) is 0 Å². The van der Waals surface area contributed by atoms with Crippen LogP contribution in [0.5, 0.6) is 0 Å². The smallest absolute Gasteiger partial charge is 0.0604 e. The molecule has 2 aliphatic heterocycles. The highest BCUT2D eigenvalue weighted by Crippen LogP contribution is 2.32. The number of likely N-dealkylation sites (N-methyl/N-ethyl adjacent to an activating group) is 1. The largest absolute Gasteiger partial charge is 0.371 e. The van der Waals surface area contributed by atoms with Crippen LogP contribution in [0.15, 0.2) is 24.3 Å². The first-order chi connectivity index (χ1) is 9.84. The molecule has 20 heavy (non-hydrogen) atoms. The van der Waals surface area contributed by atoms with Crippen LogP contribution >= 0.6 is 11.8 Å². The molecule has 1 aromatic rings. The summed E-state index contributed by atoms with van der Waals surface area (Å²) in [4.78, 5) is 4.93. The van der Waals surface area contributed by atoms with Crippen molar-refractivity contribution in [2.45, 2.75) is 18.1 Å². The number of rotatable bonds is 4. The van der Waals surface area contributed by atoms with E-state index in [-0.39, 0.29) is 0 Å². The van der Waals surface area contributed by atoms with Crippen molar-refractivity contribution < 1.29 is 0 Å². The highest BCUT2D eigenvalue weighted by Gasteiger charge is 2.20. The Kier molecular flexibility index (Phi) is 4.73. The van der Waals surface area contributed by atoms with Gasteiger partial charge in [-0.15, -0.1) is 0 Å². The van der Waals surface area contributed by atoms with E-state index in [0.29, 0.717) is 0 Å². The van der Waals surface area contributed by atoms with Crippen molar-refractivity contribution >= 4 is 23.1 Å². The van der Waals surface area contributed by atoms with E-state index < -0.39 is 0 Å². The molecule has 0 unspecified atom stereocenters. The number of nitrogens with one attached hydrogen (secondary N) is 1. The standard InChI is InChI=1S/C16H25N3S/c1-18-10-11-19(16-5-3-2-4-15(16)18)12-13-20-14-6-8-17-9-7-14/h2-5,14,17H,6-13H2,1H3. The van der Waals surface area contributed by atoms with Crippen molar-refractivity contribution in [2.24, 2.45) is 0 Å². The Balaban J connectivity index is 1.54. The summed E-state index contributed by atoms with van der Waals surface area (Å²) < 4.78 is 0. The fourth-order valence-electron chi connectivity index (χ4n) is 3.09. The minimum Gasteiger partial charge on any atom is -0.371 e. The number of piperidine rings is 1. The van der Waals surface area contributed by atoms with E-state index in [1.807, 2.05) is 0 Å². The second kappa shape index (κ2) is 6.72. The molecular formula is C16H25N3S. The number of thioether (sulfide) groups is 1. The van der Waals surface area contributed by atoms with Crippen LogP contribution in [0, 0.1) is 0 Å². The van der Waals surface area contributed by atoms with Crippen molar-refractivity contribution in [2.75, 3.05) is 55.3 Å². The molecule has 110 valence electrons. The monoisotopic (exact) mass is 291 g/mol. The zero-order valence-electron chi connectivity index (χ0n) is 12.3. The molecule has 0 radical (unpaired) electrons. The van der Waals surface area contributed by atoms with Crippen LogP contribution in [-0.2, 0) is 0 Å². The molecule has 0 amide bonds. The van der Waals surface area contributed by atoms with Gasteiger partial charge in [-0.05, 0) is 38.1 Å². The van der Waals surface area contributed by atoms with Gasteiger partial charge in [0.05, 0.1) is 11.4 Å². The number of para-hydroxylation sites is 2. The molecular weight excluding hydrogens is 266 g/mol. The van der Waals surface area contributed by atoms with Gasteiger partial charge < -0.3 is 15.1 Å². The highest BCUT2D eigenvalue weighted by molar-refractivity contribution is 7.99. The van der Waals surface area contributed by atoms with Crippen LogP contribution in [0.25, 0.3) is 0 Å². The number of nitrogens with zero attached hydrogens (tertiary/aromatic N) is 2. The second-order valence-corrected chi connectivity index (χ2v) is 7.13. The van der Waals surface area contributed by atoms with Crippen molar-refractivity contribution in [3.63, 3.8) is 0 Å². The maximum Gasteiger partial charge on any atom is 0.0604 e. The van der Waals surface area contributed by atoms with E-state index in [4.69, 9.17) is 0 Å². The summed E-state index contributed by atoms with van der Waals surface area (Å²) in [5.41, 5.74) is 2.79. The molecule has 2 aliphatic rings. The van der Waals surface area contributed by atoms with Gasteiger partial charge in [0.15, 0.2) is 0 Å². The van der Waals surface area contributed by atoms with Crippen molar-refractivity contribution in [3.05, 3.63) is 24.3 Å². The van der Waals surface area contributed by atoms with Gasteiger partial charge in [0, 0.05) is 37.7 Å². The zero-order valence-corrected chi connectivity index (χ0v) is 13.2. The van der Waals surface area contributed by atoms with E-state index in [9.17, 15) is 0 Å². The molecule has 3 rings (SSSR count). The van der Waals surface area contributed by atoms with E-state index >= 15 is 0 Å². The van der Waals surface area contributed by atoms with Gasteiger partial charge in [0.1, 0.15) is 0 Å². The lowest BCUT2D eigenvalue weighted by Crippen LogP contribution is -2.40. The number of hydrogen-bond acceptors (Lipinski definition) is 4. The third-order valence-corrected chi connectivity index (χ3v) is 5.70. The Morgan fingerprint density at radius 3 is 2.70 bits per heavy atom. The molecule has 0 atom stereocenters. The van der Waals surface area contributed by atoms with Gasteiger partial charge in [0.25, 0.3) is 0 Å². The molecule has 0 spiro atoms. The molecule has 1 aromatic carbocycles. The lowest BCUT2D eigenvalue weighted by Gasteiger charge is -2.37. The summed E-state index contributed by atoms with van der Waals surface area (Å²) in [6.07, 6.45) is 2.67. The number of hydrogen-bond donors (Lipinski definition) is 1. The first kappa shape index (κ1) is 14.1. The molecule has 0 aliphatic carbocycles. The van der Waals surface area contributed by atoms with Crippen molar-refractivity contribution in [1.82, 2.24) is 5.32 Å². The average molecular weight is 291 g/mol. The fraction of sp³-hybridized carbons (Fsp3) is 0.625. The Morgan fingerprint density at radius 1 is 1.15 bits per heavy atom. The third-order valence-electron chi connectivity index (χ3n) is 4.34. The Labute approximate surface area is 126 Å². The Bertz CT molecular complexity index is 431. The van der Waals surface area contributed by atoms with Gasteiger partial charge >= 0.3 is 0 Å². The molecule has 3 nitrogen and oxygen atoms in total. The molecule has 1 N–H and O–H groups in total. The van der Waals surface area contributed by atoms with E-state index in [0.717, 1.165) is 18.3 Å². The normalized spacial score (nSPS) is 20.1. The Morgan fingerprint density at radius 2 is 1.90 bits per heavy atom. The third kappa shape index (κ3) is 3.23. The first-order valence-corrected chi connectivity index (χ1v) is 8.77. The Hall–Kier alpha value is -0.870. The van der Waals surface area contributed by atoms with Gasteiger partial charge in [-0.25, -0.2) is 0 Å². The lowest BCUT2D eigenvalue weighted by molar-refractivity contribution is 0.531. The van der Waals surface area contributed by atoms with Gasteiger partial charge in [-0.1, -0.05) is 12.1 Å². The first-order valence-electron chi connectivity index (χ1n) is 7.72. The predicted molar refractivity (Wildman–Crippen MR) is 90.3 cm³/mol. The molecule has 2 heterocycles. The zero-order chi connectivity index (χ0) is 13.8. The predicted octanol–water partition coefficient (Wildman–Crippen LogP) is 2.43. The fourth-order valence-corrected chi connectivity index (χ4v) is 4.32. The summed E-state index contributed by atoms with van der Waals surface area (Å²) in [6, 6.07) is 8.80. The summed E-state index contributed by atoms with van der Waals surface area (Å²) in [5, 5.41) is 4.32. The van der Waals surface area contributed by atoms with E-state index in [2.05, 4.69) is 58.2 Å². The minimum absolute atomic E-state index is 0.874. The minimum atomic E-state index is 0.874. The van der Waals surface area contributed by atoms with Crippen LogP contribution in [0.2, 0.25) is 0 Å². The quantitative estimate of drug-likeness (QED) is 0.918. The maximum atomic E-state index is 3.44. The second-order valence-electron chi connectivity index (χ2n) is 5.72. The van der Waals surface area contributed by atoms with Crippen molar-refractivity contribution in [1.29, 1.82) is 0 Å². The van der Waals surface area contributed by atoms with Crippen molar-refractivity contribution in [3.8, 4) is 0 Å². The number of fused-ring (bicyclic) bond motifs is 1. The topological polar surface area (TPSA) is 18.5 Å². The highest BCUT2D eigenvalue weighted by atomic mass is 32.2. The summed E-state index contributed by atoms with van der Waals surface area (Å²) in [7, 11) is 2.19. The molecule has 0 aromatic heterocycles. The van der Waals surface area contributed by atoms with Crippen LogP contribution in [-0.4, -0.2) is 50.8 Å². The average Bonchev–Trinajstić information content (AvgIpc) is 2.51. The summed E-state index contributed by atoms with van der Waals surface area (Å²) in [5.74, 6) is 1.25. The van der Waals surface area contributed by atoms with E-state index in [1.54, 1.807) is 0 Å². The maximum absolute atomic E-state index is 3.44. The van der Waals surface area contributed by atoms with Crippen LogP contribution in [0.4, 0.5) is 11.4 Å². The van der Waals surface area contributed by atoms with Gasteiger partial charge in [0.2, 0.25) is 0 Å². The summed E-state index contributed by atoms with van der Waals surface area (Å²) >= 11 is 2.17. The molecule has 1 saturated heterocycles. The van der Waals surface area contributed by atoms with Crippen LogP contribution < -0.4 is 15.1 Å².